The largest absolute Gasteiger partial charge is 0.465 e. The summed E-state index contributed by atoms with van der Waals surface area (Å²) in [7, 11) is 0. The van der Waals surface area contributed by atoms with Crippen LogP contribution in [0.1, 0.15) is 5.56 Å². The summed E-state index contributed by atoms with van der Waals surface area (Å²) in [5.74, 6) is -0.657. The molecule has 2 aliphatic heterocycles. The minimum absolute atomic E-state index is 0.0476. The molecule has 1 aromatic carbocycles. The number of piperazine rings is 1. The molecule has 2 saturated heterocycles. The van der Waals surface area contributed by atoms with Crippen molar-refractivity contribution >= 4 is 23.4 Å². The Kier molecular flexibility index (Phi) is 5.74. The summed E-state index contributed by atoms with van der Waals surface area (Å²) in [6.45, 7) is 1.24. The van der Waals surface area contributed by atoms with E-state index in [2.05, 4.69) is 0 Å². The van der Waals surface area contributed by atoms with Crippen molar-refractivity contribution < 1.29 is 37.5 Å². The molecule has 10 nitrogen and oxygen atoms in total. The van der Waals surface area contributed by atoms with Gasteiger partial charge in [-0.1, -0.05) is 0 Å². The topological polar surface area (TPSA) is 116 Å². The Balaban J connectivity index is 1.78. The molecule has 30 heavy (non-hydrogen) atoms. The van der Waals surface area contributed by atoms with Gasteiger partial charge >= 0.3 is 12.3 Å². The molecule has 2 atom stereocenters. The van der Waals surface area contributed by atoms with E-state index in [1.165, 1.54) is 24.0 Å². The lowest BCUT2D eigenvalue weighted by molar-refractivity contribution is -0.385. The van der Waals surface area contributed by atoms with Crippen molar-refractivity contribution in [3.63, 3.8) is 0 Å². The minimum Gasteiger partial charge on any atom is -0.465 e. The number of nitro groups is 1. The number of benzene rings is 1. The van der Waals surface area contributed by atoms with Crippen molar-refractivity contribution in [2.45, 2.75) is 25.4 Å². The number of halogens is 3. The van der Waals surface area contributed by atoms with Crippen molar-refractivity contribution in [3.05, 3.63) is 33.9 Å². The fourth-order valence-corrected chi connectivity index (χ4v) is 3.52. The minimum atomic E-state index is -4.80. The van der Waals surface area contributed by atoms with Gasteiger partial charge < -0.3 is 24.5 Å². The molecule has 2 amide bonds. The lowest BCUT2D eigenvalue weighted by Crippen LogP contribution is -2.53. The lowest BCUT2D eigenvalue weighted by atomic mass is 10.1. The van der Waals surface area contributed by atoms with Gasteiger partial charge in [0.15, 0.2) is 6.10 Å². The van der Waals surface area contributed by atoms with Crippen LogP contribution in [0.3, 0.4) is 0 Å². The zero-order valence-electron chi connectivity index (χ0n) is 15.8. The van der Waals surface area contributed by atoms with Crippen LogP contribution in [0.25, 0.3) is 0 Å². The van der Waals surface area contributed by atoms with Crippen LogP contribution in [0, 0.1) is 17.0 Å². The molecule has 0 saturated carbocycles. The Labute approximate surface area is 168 Å². The van der Waals surface area contributed by atoms with Crippen LogP contribution >= 0.6 is 0 Å². The van der Waals surface area contributed by atoms with E-state index in [0.717, 1.165) is 15.9 Å². The van der Waals surface area contributed by atoms with E-state index in [1.807, 2.05) is 0 Å². The first-order chi connectivity index (χ1) is 14.0. The van der Waals surface area contributed by atoms with Crippen LogP contribution in [-0.2, 0) is 9.53 Å². The predicted molar refractivity (Wildman–Crippen MR) is 96.1 cm³/mol. The molecule has 0 radical (unpaired) electrons. The lowest BCUT2D eigenvalue weighted by Gasteiger charge is -2.34. The average Bonchev–Trinajstić information content (AvgIpc) is 3.13. The quantitative estimate of drug-likeness (QED) is 0.572. The summed E-state index contributed by atoms with van der Waals surface area (Å²) < 4.78 is 45.7. The van der Waals surface area contributed by atoms with Crippen molar-refractivity contribution in [1.29, 1.82) is 0 Å². The Bertz CT molecular complexity index is 856. The third kappa shape index (κ3) is 4.25. The van der Waals surface area contributed by atoms with Gasteiger partial charge in [-0.3, -0.25) is 14.9 Å². The summed E-state index contributed by atoms with van der Waals surface area (Å²) in [6.07, 6.45) is -9.71. The zero-order chi connectivity index (χ0) is 22.2. The molecule has 3 rings (SSSR count). The number of hydrogen-bond acceptors (Lipinski definition) is 6. The Morgan fingerprint density at radius 1 is 1.20 bits per heavy atom. The second kappa shape index (κ2) is 7.97. The molecule has 164 valence electrons. The van der Waals surface area contributed by atoms with Gasteiger partial charge in [-0.25, -0.2) is 4.79 Å². The van der Waals surface area contributed by atoms with Crippen LogP contribution < -0.4 is 4.90 Å². The van der Waals surface area contributed by atoms with Crippen LogP contribution in [0.5, 0.6) is 0 Å². The van der Waals surface area contributed by atoms with Crippen molar-refractivity contribution in [1.82, 2.24) is 9.80 Å². The zero-order valence-corrected chi connectivity index (χ0v) is 15.8. The fourth-order valence-electron chi connectivity index (χ4n) is 3.52. The molecular weight excluding hydrogens is 413 g/mol. The fraction of sp³-hybridized carbons (Fsp3) is 0.529. The van der Waals surface area contributed by atoms with Crippen LogP contribution in [0.15, 0.2) is 18.2 Å². The molecule has 0 spiro atoms. The molecule has 13 heteroatoms. The third-order valence-corrected chi connectivity index (χ3v) is 5.06. The molecule has 2 fully saturated rings. The van der Waals surface area contributed by atoms with Gasteiger partial charge in [-0.2, -0.15) is 13.2 Å². The number of ether oxygens (including phenoxy) is 1. The normalized spacial score (nSPS) is 22.3. The Morgan fingerprint density at radius 3 is 2.30 bits per heavy atom. The molecule has 1 N–H and O–H groups in total. The SMILES string of the molecule is Cc1cc(N2CC(C(=O)N3CCN(C(=O)O)CC3)OC2C(F)(F)F)ccc1[N+](=O)[O-]. The highest BCUT2D eigenvalue weighted by Crippen LogP contribution is 2.36. The number of aryl methyl sites for hydroxylation is 1. The molecule has 2 unspecified atom stereocenters. The van der Waals surface area contributed by atoms with E-state index in [0.29, 0.717) is 0 Å². The van der Waals surface area contributed by atoms with E-state index in [9.17, 15) is 32.9 Å². The maximum atomic E-state index is 13.6. The van der Waals surface area contributed by atoms with Gasteiger partial charge in [0, 0.05) is 43.5 Å². The van der Waals surface area contributed by atoms with Gasteiger partial charge in [0.2, 0.25) is 6.23 Å². The van der Waals surface area contributed by atoms with Gasteiger partial charge in [0.25, 0.3) is 11.6 Å². The second-order valence-corrected chi connectivity index (χ2v) is 6.99. The maximum absolute atomic E-state index is 13.6. The molecular formula is C17H19F3N4O6. The first-order valence-corrected chi connectivity index (χ1v) is 8.99. The van der Waals surface area contributed by atoms with E-state index < -0.39 is 35.4 Å². The number of anilines is 1. The number of nitro benzene ring substituents is 1. The number of alkyl halides is 3. The van der Waals surface area contributed by atoms with Gasteiger partial charge in [-0.15, -0.1) is 0 Å². The number of hydrogen-bond donors (Lipinski definition) is 1. The first-order valence-electron chi connectivity index (χ1n) is 8.99. The summed E-state index contributed by atoms with van der Waals surface area (Å²) in [5.41, 5.74) is -0.00392. The maximum Gasteiger partial charge on any atom is 0.433 e. The van der Waals surface area contributed by atoms with Crippen LogP contribution in [0.2, 0.25) is 0 Å². The van der Waals surface area contributed by atoms with Crippen LogP contribution in [0.4, 0.5) is 29.3 Å². The number of amides is 2. The van der Waals surface area contributed by atoms with E-state index in [1.54, 1.807) is 0 Å². The monoisotopic (exact) mass is 432 g/mol. The van der Waals surface area contributed by atoms with Gasteiger partial charge in [0.1, 0.15) is 0 Å². The van der Waals surface area contributed by atoms with Gasteiger partial charge in [-0.05, 0) is 19.1 Å². The molecule has 2 aliphatic rings. The average molecular weight is 432 g/mol. The summed E-state index contributed by atoms with van der Waals surface area (Å²) in [4.78, 5) is 37.2. The Morgan fingerprint density at radius 2 is 1.80 bits per heavy atom. The number of carbonyl (C=O) groups is 2. The van der Waals surface area contributed by atoms with E-state index in [-0.39, 0.29) is 49.7 Å². The van der Waals surface area contributed by atoms with Crippen molar-refractivity contribution in [3.8, 4) is 0 Å². The molecule has 2 heterocycles. The van der Waals surface area contributed by atoms with Gasteiger partial charge in [0.05, 0.1) is 11.5 Å². The summed E-state index contributed by atoms with van der Waals surface area (Å²) in [5, 5.41) is 19.9. The molecule has 0 aromatic heterocycles. The Hall–Kier alpha value is -3.09. The number of carboxylic acid groups (broad SMARTS) is 1. The van der Waals surface area contributed by atoms with E-state index >= 15 is 0 Å². The molecule has 0 aliphatic carbocycles. The summed E-state index contributed by atoms with van der Waals surface area (Å²) in [6, 6.07) is 3.54. The van der Waals surface area contributed by atoms with E-state index in [4.69, 9.17) is 9.84 Å². The first kappa shape index (κ1) is 21.6. The van der Waals surface area contributed by atoms with Crippen LogP contribution in [-0.4, -0.2) is 83.1 Å². The number of rotatable bonds is 3. The molecule has 0 bridgehead atoms. The summed E-state index contributed by atoms with van der Waals surface area (Å²) >= 11 is 0. The highest BCUT2D eigenvalue weighted by atomic mass is 19.4. The predicted octanol–water partition coefficient (Wildman–Crippen LogP) is 1.82. The van der Waals surface area contributed by atoms with Crippen molar-refractivity contribution in [2.75, 3.05) is 37.6 Å². The smallest absolute Gasteiger partial charge is 0.433 e. The van der Waals surface area contributed by atoms with Crippen molar-refractivity contribution in [2.24, 2.45) is 0 Å². The highest BCUT2D eigenvalue weighted by molar-refractivity contribution is 5.83. The third-order valence-electron chi connectivity index (χ3n) is 5.06. The number of carbonyl (C=O) groups excluding carboxylic acids is 1. The highest BCUT2D eigenvalue weighted by Gasteiger charge is 2.53. The second-order valence-electron chi connectivity index (χ2n) is 6.99. The number of nitrogens with zero attached hydrogens (tertiary/aromatic N) is 4. The molecule has 1 aromatic rings. The standard InChI is InChI=1S/C17H19F3N4O6/c1-10-8-11(2-3-12(10)24(28)29)23-9-13(30-15(23)17(18,19)20)14(25)21-4-6-22(7-5-21)16(26)27/h2-3,8,13,15H,4-7,9H2,1H3,(H,26,27).